The molecule has 0 saturated carbocycles. The summed E-state index contributed by atoms with van der Waals surface area (Å²) in [6.45, 7) is 3.47. The molecule has 3 rings (SSSR count). The first-order valence-electron chi connectivity index (χ1n) is 9.20. The predicted molar refractivity (Wildman–Crippen MR) is 116 cm³/mol. The Bertz CT molecular complexity index is 1140. The molecule has 160 valence electrons. The number of anilines is 2. The minimum absolute atomic E-state index is 0.0409. The summed E-state index contributed by atoms with van der Waals surface area (Å²) in [6.07, 6.45) is 2.79. The van der Waals surface area contributed by atoms with Crippen LogP contribution in [0.3, 0.4) is 0 Å². The van der Waals surface area contributed by atoms with Gasteiger partial charge in [0.1, 0.15) is 12.4 Å². The summed E-state index contributed by atoms with van der Waals surface area (Å²) in [5.74, 6) is -2.74. The van der Waals surface area contributed by atoms with Crippen molar-refractivity contribution in [3.63, 3.8) is 0 Å². The van der Waals surface area contributed by atoms with E-state index < -0.39 is 23.4 Å². The van der Waals surface area contributed by atoms with Crippen molar-refractivity contribution >= 4 is 40.6 Å². The zero-order valence-electron chi connectivity index (χ0n) is 16.7. The quantitative estimate of drug-likeness (QED) is 0.508. The van der Waals surface area contributed by atoms with Crippen LogP contribution in [0.5, 0.6) is 5.75 Å². The van der Waals surface area contributed by atoms with Crippen molar-refractivity contribution in [1.29, 1.82) is 0 Å². The maximum atomic E-state index is 13.6. The van der Waals surface area contributed by atoms with Crippen LogP contribution in [0.2, 0.25) is 0 Å². The lowest BCUT2D eigenvalue weighted by molar-refractivity contribution is -0.114. The van der Waals surface area contributed by atoms with Gasteiger partial charge in [-0.2, -0.15) is 0 Å². The van der Waals surface area contributed by atoms with Gasteiger partial charge < -0.3 is 15.4 Å². The average molecular weight is 443 g/mol. The molecule has 1 heterocycles. The number of ether oxygens (including phenoxy) is 1. The summed E-state index contributed by atoms with van der Waals surface area (Å²) < 4.78 is 32.7. The van der Waals surface area contributed by atoms with Crippen molar-refractivity contribution in [3.05, 3.63) is 75.8 Å². The molecule has 0 aliphatic rings. The van der Waals surface area contributed by atoms with Crippen LogP contribution in [0.15, 0.2) is 47.9 Å². The van der Waals surface area contributed by atoms with Gasteiger partial charge in [0.2, 0.25) is 11.8 Å². The Balaban J connectivity index is 1.66. The van der Waals surface area contributed by atoms with E-state index in [1.807, 2.05) is 12.3 Å². The standard InChI is InChI=1S/C22H19F2N3O3S/c1-13(28)25-20-9-18(23)19(24)10-21(20)27-22(29)7-6-15-4-3-5-17(8-15)30-11-16-12-31-14(2)26-16/h3-10,12H,11H2,1-2H3,(H,25,28)(H,27,29). The van der Waals surface area contributed by atoms with Crippen LogP contribution >= 0.6 is 11.3 Å². The van der Waals surface area contributed by atoms with Crippen molar-refractivity contribution in [2.24, 2.45) is 0 Å². The van der Waals surface area contributed by atoms with Gasteiger partial charge in [0, 0.05) is 30.5 Å². The third-order valence-corrected chi connectivity index (χ3v) is 4.79. The van der Waals surface area contributed by atoms with Crippen LogP contribution in [-0.4, -0.2) is 16.8 Å². The number of carbonyl (C=O) groups excluding carboxylic acids is 2. The van der Waals surface area contributed by atoms with Gasteiger partial charge in [-0.1, -0.05) is 12.1 Å². The largest absolute Gasteiger partial charge is 0.487 e. The fourth-order valence-corrected chi connectivity index (χ4v) is 3.23. The lowest BCUT2D eigenvalue weighted by Crippen LogP contribution is -2.14. The first-order chi connectivity index (χ1) is 14.8. The number of aromatic nitrogens is 1. The molecule has 0 spiro atoms. The summed E-state index contributed by atoms with van der Waals surface area (Å²) in [5.41, 5.74) is 1.44. The number of carbonyl (C=O) groups is 2. The summed E-state index contributed by atoms with van der Waals surface area (Å²) in [6, 6.07) is 8.72. The zero-order valence-corrected chi connectivity index (χ0v) is 17.6. The number of halogens is 2. The van der Waals surface area contributed by atoms with E-state index in [1.165, 1.54) is 13.0 Å². The number of hydrogen-bond acceptors (Lipinski definition) is 5. The molecule has 2 aromatic carbocycles. The van der Waals surface area contributed by atoms with Crippen LogP contribution in [0.1, 0.15) is 23.2 Å². The van der Waals surface area contributed by atoms with Crippen molar-refractivity contribution in [2.45, 2.75) is 20.5 Å². The molecule has 0 aliphatic heterocycles. The summed E-state index contributed by atoms with van der Waals surface area (Å²) >= 11 is 1.55. The molecule has 1 aromatic heterocycles. The van der Waals surface area contributed by atoms with Crippen molar-refractivity contribution in [2.75, 3.05) is 10.6 Å². The van der Waals surface area contributed by atoms with Gasteiger partial charge in [0.25, 0.3) is 0 Å². The first kappa shape index (κ1) is 22.1. The molecular weight excluding hydrogens is 424 g/mol. The third-order valence-electron chi connectivity index (χ3n) is 3.97. The summed E-state index contributed by atoms with van der Waals surface area (Å²) in [4.78, 5) is 27.9. The second kappa shape index (κ2) is 9.94. The van der Waals surface area contributed by atoms with E-state index in [9.17, 15) is 18.4 Å². The maximum Gasteiger partial charge on any atom is 0.248 e. The maximum absolute atomic E-state index is 13.6. The Hall–Kier alpha value is -3.59. The van der Waals surface area contributed by atoms with Crippen LogP contribution < -0.4 is 15.4 Å². The topological polar surface area (TPSA) is 80.3 Å². The van der Waals surface area contributed by atoms with Crippen molar-refractivity contribution < 1.29 is 23.1 Å². The molecule has 0 bridgehead atoms. The molecule has 0 radical (unpaired) electrons. The van der Waals surface area contributed by atoms with E-state index in [0.717, 1.165) is 22.8 Å². The van der Waals surface area contributed by atoms with Gasteiger partial charge in [0.15, 0.2) is 11.6 Å². The monoisotopic (exact) mass is 443 g/mol. The highest BCUT2D eigenvalue weighted by Gasteiger charge is 2.12. The number of rotatable bonds is 7. The molecule has 31 heavy (non-hydrogen) atoms. The fraction of sp³-hybridized carbons (Fsp3) is 0.136. The molecule has 6 nitrogen and oxygen atoms in total. The van der Waals surface area contributed by atoms with Crippen molar-refractivity contribution in [3.8, 4) is 5.75 Å². The smallest absolute Gasteiger partial charge is 0.248 e. The predicted octanol–water partition coefficient (Wildman–Crippen LogP) is 4.92. The Morgan fingerprint density at radius 1 is 1.13 bits per heavy atom. The van der Waals surface area contributed by atoms with Gasteiger partial charge in [-0.3, -0.25) is 9.59 Å². The number of benzene rings is 2. The molecule has 3 aromatic rings. The highest BCUT2D eigenvalue weighted by Crippen LogP contribution is 2.25. The van der Waals surface area contributed by atoms with E-state index in [0.29, 0.717) is 17.9 Å². The zero-order chi connectivity index (χ0) is 22.4. The summed E-state index contributed by atoms with van der Waals surface area (Å²) in [5, 5.41) is 7.67. The molecule has 2 N–H and O–H groups in total. The van der Waals surface area contributed by atoms with E-state index >= 15 is 0 Å². The van der Waals surface area contributed by atoms with Crippen molar-refractivity contribution in [1.82, 2.24) is 4.98 Å². The Morgan fingerprint density at radius 2 is 1.84 bits per heavy atom. The van der Waals surface area contributed by atoms with Gasteiger partial charge >= 0.3 is 0 Å². The van der Waals surface area contributed by atoms with Gasteiger partial charge in [-0.25, -0.2) is 13.8 Å². The lowest BCUT2D eigenvalue weighted by atomic mass is 10.2. The second-order valence-corrected chi connectivity index (χ2v) is 7.60. The number of thiazole rings is 1. The number of nitrogens with one attached hydrogen (secondary N) is 2. The lowest BCUT2D eigenvalue weighted by Gasteiger charge is -2.11. The first-order valence-corrected chi connectivity index (χ1v) is 10.1. The SMILES string of the molecule is CC(=O)Nc1cc(F)c(F)cc1NC(=O)C=Cc1cccc(OCc2csc(C)n2)c1. The summed E-state index contributed by atoms with van der Waals surface area (Å²) in [7, 11) is 0. The second-order valence-electron chi connectivity index (χ2n) is 6.53. The minimum Gasteiger partial charge on any atom is -0.487 e. The Kier molecular flexibility index (Phi) is 7.09. The molecule has 9 heteroatoms. The fourth-order valence-electron chi connectivity index (χ4n) is 2.63. The minimum atomic E-state index is -1.14. The van der Waals surface area contributed by atoms with Gasteiger partial charge in [-0.05, 0) is 30.7 Å². The molecule has 2 amide bonds. The number of amides is 2. The van der Waals surface area contributed by atoms with E-state index in [4.69, 9.17) is 4.74 Å². The van der Waals surface area contributed by atoms with E-state index in [-0.39, 0.29) is 11.4 Å². The highest BCUT2D eigenvalue weighted by atomic mass is 32.1. The van der Waals surface area contributed by atoms with Gasteiger partial charge in [0.05, 0.1) is 22.1 Å². The van der Waals surface area contributed by atoms with E-state index in [2.05, 4.69) is 15.6 Å². The molecule has 0 atom stereocenters. The molecule has 0 aliphatic carbocycles. The number of nitrogens with zero attached hydrogens (tertiary/aromatic N) is 1. The molecular formula is C22H19F2N3O3S. The Morgan fingerprint density at radius 3 is 2.48 bits per heavy atom. The van der Waals surface area contributed by atoms with E-state index in [1.54, 1.807) is 41.7 Å². The molecule has 0 fully saturated rings. The molecule has 0 unspecified atom stereocenters. The highest BCUT2D eigenvalue weighted by molar-refractivity contribution is 7.09. The Labute approximate surface area is 181 Å². The van der Waals surface area contributed by atoms with Crippen LogP contribution in [-0.2, 0) is 16.2 Å². The molecule has 0 saturated heterocycles. The number of hydrogen-bond donors (Lipinski definition) is 2. The van der Waals surface area contributed by atoms with Crippen LogP contribution in [0.4, 0.5) is 20.2 Å². The van der Waals surface area contributed by atoms with Gasteiger partial charge in [-0.15, -0.1) is 11.3 Å². The third kappa shape index (κ3) is 6.45. The van der Waals surface area contributed by atoms with Crippen LogP contribution in [0, 0.1) is 18.6 Å². The normalized spacial score (nSPS) is 10.8. The number of aryl methyl sites for hydroxylation is 1. The average Bonchev–Trinajstić information content (AvgIpc) is 3.14. The van der Waals surface area contributed by atoms with Crippen LogP contribution in [0.25, 0.3) is 6.08 Å².